The van der Waals surface area contributed by atoms with Gasteiger partial charge in [-0.3, -0.25) is 4.79 Å². The molecular formula is C13H25N3O. The van der Waals surface area contributed by atoms with Gasteiger partial charge in [-0.25, -0.2) is 0 Å². The van der Waals surface area contributed by atoms with Crippen molar-refractivity contribution < 1.29 is 4.79 Å². The molecule has 2 fully saturated rings. The fourth-order valence-corrected chi connectivity index (χ4v) is 3.41. The molecule has 2 rings (SSSR count). The maximum atomic E-state index is 11.8. The fraction of sp³-hybridized carbons (Fsp3) is 0.923. The van der Waals surface area contributed by atoms with Crippen LogP contribution in [0.5, 0.6) is 0 Å². The van der Waals surface area contributed by atoms with Crippen molar-refractivity contribution in [1.82, 2.24) is 15.1 Å². The second kappa shape index (κ2) is 5.36. The van der Waals surface area contributed by atoms with E-state index in [2.05, 4.69) is 17.3 Å². The molecule has 0 radical (unpaired) electrons. The second-order valence-corrected chi connectivity index (χ2v) is 5.99. The highest BCUT2D eigenvalue weighted by atomic mass is 16.2. The zero-order valence-electron chi connectivity index (χ0n) is 11.3. The van der Waals surface area contributed by atoms with Gasteiger partial charge in [0.2, 0.25) is 5.91 Å². The summed E-state index contributed by atoms with van der Waals surface area (Å²) >= 11 is 0. The summed E-state index contributed by atoms with van der Waals surface area (Å²) in [5.41, 5.74) is 0. The molecule has 1 aliphatic carbocycles. The van der Waals surface area contributed by atoms with Crippen LogP contribution in [0.3, 0.4) is 0 Å². The topological polar surface area (TPSA) is 35.6 Å². The average molecular weight is 239 g/mol. The first-order valence-corrected chi connectivity index (χ1v) is 6.69. The van der Waals surface area contributed by atoms with Crippen LogP contribution in [-0.4, -0.2) is 62.5 Å². The lowest BCUT2D eigenvalue weighted by Gasteiger charge is -2.33. The van der Waals surface area contributed by atoms with Crippen molar-refractivity contribution in [2.45, 2.75) is 25.3 Å². The molecule has 1 amide bonds. The lowest BCUT2D eigenvalue weighted by molar-refractivity contribution is -0.123. The Hall–Kier alpha value is -0.610. The summed E-state index contributed by atoms with van der Waals surface area (Å²) in [5.74, 6) is 1.66. The largest absolute Gasteiger partial charge is 0.352 e. The number of fused-ring (bicyclic) bond motifs is 1. The molecule has 1 N–H and O–H groups in total. The Kier molecular flexibility index (Phi) is 4.05. The normalized spacial score (nSPS) is 33.8. The average Bonchev–Trinajstić information content (AvgIpc) is 2.58. The molecule has 3 atom stereocenters. The number of nitrogens with zero attached hydrogens (tertiary/aromatic N) is 2. The van der Waals surface area contributed by atoms with Crippen molar-refractivity contribution >= 4 is 5.91 Å². The van der Waals surface area contributed by atoms with Crippen molar-refractivity contribution in [3.8, 4) is 0 Å². The first-order chi connectivity index (χ1) is 8.06. The molecule has 0 bridgehead atoms. The molecule has 0 aromatic heterocycles. The fourth-order valence-electron chi connectivity index (χ4n) is 3.41. The number of likely N-dealkylation sites (N-methyl/N-ethyl adjacent to an activating group) is 1. The van der Waals surface area contributed by atoms with Crippen LogP contribution in [-0.2, 0) is 4.79 Å². The van der Waals surface area contributed by atoms with Crippen LogP contribution in [0, 0.1) is 11.8 Å². The molecule has 1 saturated heterocycles. The van der Waals surface area contributed by atoms with Crippen LogP contribution < -0.4 is 5.32 Å². The van der Waals surface area contributed by atoms with E-state index in [1.807, 2.05) is 19.0 Å². The van der Waals surface area contributed by atoms with E-state index >= 15 is 0 Å². The summed E-state index contributed by atoms with van der Waals surface area (Å²) in [7, 11) is 6.07. The summed E-state index contributed by atoms with van der Waals surface area (Å²) in [4.78, 5) is 16.2. The Labute approximate surface area is 104 Å². The molecule has 4 heteroatoms. The highest BCUT2D eigenvalue weighted by molar-refractivity contribution is 5.78. The maximum absolute atomic E-state index is 11.8. The highest BCUT2D eigenvalue weighted by Gasteiger charge is 2.39. The molecule has 1 saturated carbocycles. The first-order valence-electron chi connectivity index (χ1n) is 6.69. The van der Waals surface area contributed by atoms with Crippen LogP contribution in [0.15, 0.2) is 0 Å². The molecular weight excluding hydrogens is 214 g/mol. The Morgan fingerprint density at radius 3 is 2.82 bits per heavy atom. The van der Waals surface area contributed by atoms with Gasteiger partial charge in [-0.2, -0.15) is 0 Å². The Balaban J connectivity index is 1.89. The number of amides is 1. The zero-order chi connectivity index (χ0) is 12.4. The first kappa shape index (κ1) is 12.8. The number of hydrogen-bond donors (Lipinski definition) is 1. The predicted molar refractivity (Wildman–Crippen MR) is 68.8 cm³/mol. The van der Waals surface area contributed by atoms with E-state index < -0.39 is 0 Å². The van der Waals surface area contributed by atoms with Gasteiger partial charge in [0, 0.05) is 19.1 Å². The lowest BCUT2D eigenvalue weighted by Crippen LogP contribution is -2.47. The Bertz CT molecular complexity index is 280. The standard InChI is InChI=1S/C13H25N3O/c1-15(2)9-13(17)14-12-6-4-5-10-7-16(3)8-11(10)12/h10-12H,4-9H2,1-3H3,(H,14,17). The third kappa shape index (κ3) is 3.19. The van der Waals surface area contributed by atoms with E-state index in [0.29, 0.717) is 18.5 Å². The summed E-state index contributed by atoms with van der Waals surface area (Å²) in [6, 6.07) is 0.408. The summed E-state index contributed by atoms with van der Waals surface area (Å²) < 4.78 is 0. The van der Waals surface area contributed by atoms with Gasteiger partial charge >= 0.3 is 0 Å². The molecule has 0 spiro atoms. The van der Waals surface area contributed by atoms with Gasteiger partial charge in [-0.15, -0.1) is 0 Å². The molecule has 1 heterocycles. The van der Waals surface area contributed by atoms with E-state index in [1.54, 1.807) is 0 Å². The van der Waals surface area contributed by atoms with Gasteiger partial charge in [-0.1, -0.05) is 6.42 Å². The highest BCUT2D eigenvalue weighted by Crippen LogP contribution is 2.35. The zero-order valence-corrected chi connectivity index (χ0v) is 11.3. The molecule has 0 aromatic rings. The van der Waals surface area contributed by atoms with Crippen LogP contribution in [0.4, 0.5) is 0 Å². The Morgan fingerprint density at radius 2 is 2.12 bits per heavy atom. The third-order valence-electron chi connectivity index (χ3n) is 4.09. The predicted octanol–water partition coefficient (Wildman–Crippen LogP) is 0.395. The van der Waals surface area contributed by atoms with Crippen LogP contribution in [0.2, 0.25) is 0 Å². The number of hydrogen-bond acceptors (Lipinski definition) is 3. The van der Waals surface area contributed by atoms with Gasteiger partial charge in [0.25, 0.3) is 0 Å². The SMILES string of the molecule is CN(C)CC(=O)NC1CCCC2CN(C)CC21. The van der Waals surface area contributed by atoms with Crippen LogP contribution in [0.1, 0.15) is 19.3 Å². The minimum absolute atomic E-state index is 0.176. The van der Waals surface area contributed by atoms with Crippen molar-refractivity contribution in [1.29, 1.82) is 0 Å². The number of rotatable bonds is 3. The molecule has 1 aliphatic heterocycles. The Morgan fingerprint density at radius 1 is 1.35 bits per heavy atom. The van der Waals surface area contributed by atoms with Crippen molar-refractivity contribution in [2.24, 2.45) is 11.8 Å². The number of carbonyl (C=O) groups excluding carboxylic acids is 1. The summed E-state index contributed by atoms with van der Waals surface area (Å²) in [6.07, 6.45) is 3.77. The smallest absolute Gasteiger partial charge is 0.234 e. The molecule has 3 unspecified atom stereocenters. The van der Waals surface area contributed by atoms with Gasteiger partial charge in [0.1, 0.15) is 0 Å². The van der Waals surface area contributed by atoms with E-state index in [9.17, 15) is 4.79 Å². The third-order valence-corrected chi connectivity index (χ3v) is 4.09. The van der Waals surface area contributed by atoms with Crippen molar-refractivity contribution in [3.05, 3.63) is 0 Å². The van der Waals surface area contributed by atoms with Crippen molar-refractivity contribution in [3.63, 3.8) is 0 Å². The quantitative estimate of drug-likeness (QED) is 0.774. The molecule has 2 aliphatic rings. The minimum Gasteiger partial charge on any atom is -0.352 e. The van der Waals surface area contributed by atoms with Crippen LogP contribution >= 0.6 is 0 Å². The second-order valence-electron chi connectivity index (χ2n) is 5.99. The van der Waals surface area contributed by atoms with Gasteiger partial charge in [0.05, 0.1) is 6.54 Å². The molecule has 0 aromatic carbocycles. The van der Waals surface area contributed by atoms with E-state index in [4.69, 9.17) is 0 Å². The van der Waals surface area contributed by atoms with E-state index in [-0.39, 0.29) is 5.91 Å². The van der Waals surface area contributed by atoms with Gasteiger partial charge in [-0.05, 0) is 45.8 Å². The van der Waals surface area contributed by atoms with Gasteiger partial charge in [0.15, 0.2) is 0 Å². The number of nitrogens with one attached hydrogen (secondary N) is 1. The maximum Gasteiger partial charge on any atom is 0.234 e. The molecule has 4 nitrogen and oxygen atoms in total. The summed E-state index contributed by atoms with van der Waals surface area (Å²) in [5, 5.41) is 3.23. The van der Waals surface area contributed by atoms with Crippen LogP contribution in [0.25, 0.3) is 0 Å². The number of carbonyl (C=O) groups is 1. The monoisotopic (exact) mass is 239 g/mol. The van der Waals surface area contributed by atoms with E-state index in [1.165, 1.54) is 19.4 Å². The molecule has 17 heavy (non-hydrogen) atoms. The summed E-state index contributed by atoms with van der Waals surface area (Å²) in [6.45, 7) is 2.87. The van der Waals surface area contributed by atoms with Crippen molar-refractivity contribution in [2.75, 3.05) is 40.8 Å². The lowest BCUT2D eigenvalue weighted by atomic mass is 9.78. The van der Waals surface area contributed by atoms with E-state index in [0.717, 1.165) is 18.9 Å². The van der Waals surface area contributed by atoms with Gasteiger partial charge < -0.3 is 15.1 Å². The number of likely N-dealkylation sites (tertiary alicyclic amines) is 1. The minimum atomic E-state index is 0.176. The molecule has 98 valence electrons.